The number of hydrazone groups is 2. The van der Waals surface area contributed by atoms with E-state index in [4.69, 9.17) is 0 Å². The third kappa shape index (κ3) is 9.22. The minimum absolute atomic E-state index is 0.0240. The highest BCUT2D eigenvalue weighted by Crippen LogP contribution is 2.31. The molecule has 312 valence electrons. The summed E-state index contributed by atoms with van der Waals surface area (Å²) in [6.07, 6.45) is 1.86. The number of hydrogen-bond donors (Lipinski definition) is 8. The second-order valence-corrected chi connectivity index (χ2v) is 18.5. The van der Waals surface area contributed by atoms with Crippen LogP contribution in [0.1, 0.15) is 43.0 Å². The minimum Gasteiger partial charge on any atom is -0.308 e. The number of fused-ring (bicyclic) bond motifs is 2. The van der Waals surface area contributed by atoms with Crippen LogP contribution in [0, 0.1) is 13.8 Å². The fourth-order valence-electron chi connectivity index (χ4n) is 5.81. The number of amides is 2. The number of nitrogens with zero attached hydrogens (tertiary/aromatic N) is 2. The quantitative estimate of drug-likeness (QED) is 0.0815. The summed E-state index contributed by atoms with van der Waals surface area (Å²) in [5.41, 5.74) is 3.96. The lowest BCUT2D eigenvalue weighted by molar-refractivity contribution is 0.105. The molecular formula is C35H28N6O15S4. The van der Waals surface area contributed by atoms with E-state index in [9.17, 15) is 66.3 Å². The topological polar surface area (TPSA) is 342 Å². The van der Waals surface area contributed by atoms with Gasteiger partial charge in [-0.3, -0.25) is 38.7 Å². The molecule has 2 aliphatic rings. The first kappa shape index (κ1) is 43.1. The van der Waals surface area contributed by atoms with Crippen LogP contribution in [0.5, 0.6) is 0 Å². The van der Waals surface area contributed by atoms with Crippen molar-refractivity contribution in [3.05, 3.63) is 116 Å². The van der Waals surface area contributed by atoms with E-state index in [2.05, 4.69) is 31.7 Å². The van der Waals surface area contributed by atoms with Gasteiger partial charge in [0.25, 0.3) is 40.5 Å². The Bertz CT molecular complexity index is 2970. The van der Waals surface area contributed by atoms with Crippen molar-refractivity contribution in [1.29, 1.82) is 0 Å². The lowest BCUT2D eigenvalue weighted by atomic mass is 9.94. The highest BCUT2D eigenvalue weighted by molar-refractivity contribution is 7.91. The Labute approximate surface area is 340 Å². The lowest BCUT2D eigenvalue weighted by Crippen LogP contribution is -2.27. The van der Waals surface area contributed by atoms with E-state index in [0.717, 1.165) is 36.4 Å². The number of hydrogen-bond acceptors (Lipinski definition) is 15. The molecule has 0 radical (unpaired) electrons. The summed E-state index contributed by atoms with van der Waals surface area (Å²) in [6, 6.07) is 13.2. The van der Waals surface area contributed by atoms with Crippen LogP contribution in [0.15, 0.2) is 103 Å². The molecule has 0 fully saturated rings. The second kappa shape index (κ2) is 15.6. The van der Waals surface area contributed by atoms with Gasteiger partial charge in [0.2, 0.25) is 11.6 Å². The molecule has 6 rings (SSSR count). The van der Waals surface area contributed by atoms with E-state index < -0.39 is 89.1 Å². The number of urea groups is 1. The van der Waals surface area contributed by atoms with Gasteiger partial charge in [-0.1, -0.05) is 0 Å². The van der Waals surface area contributed by atoms with Crippen molar-refractivity contribution in [3.8, 4) is 0 Å². The average Bonchev–Trinajstić information content (AvgIpc) is 3.13. The van der Waals surface area contributed by atoms with Gasteiger partial charge < -0.3 is 10.6 Å². The van der Waals surface area contributed by atoms with E-state index in [-0.39, 0.29) is 56.1 Å². The van der Waals surface area contributed by atoms with Crippen molar-refractivity contribution in [1.82, 2.24) is 0 Å². The molecule has 4 aromatic rings. The molecule has 0 heterocycles. The van der Waals surface area contributed by atoms with Gasteiger partial charge in [0.15, 0.2) is 11.4 Å². The predicted molar refractivity (Wildman–Crippen MR) is 217 cm³/mol. The zero-order chi connectivity index (χ0) is 44.1. The number of allylic oxidation sites excluding steroid dienone is 2. The molecule has 0 bridgehead atoms. The van der Waals surface area contributed by atoms with Crippen molar-refractivity contribution in [2.75, 3.05) is 21.5 Å². The molecule has 8 N–H and O–H groups in total. The Morgan fingerprint density at radius 3 is 1.20 bits per heavy atom. The highest BCUT2D eigenvalue weighted by atomic mass is 32.2. The van der Waals surface area contributed by atoms with Gasteiger partial charge in [0, 0.05) is 22.5 Å². The second-order valence-electron chi connectivity index (χ2n) is 12.9. The molecule has 0 unspecified atom stereocenters. The van der Waals surface area contributed by atoms with E-state index in [1.54, 1.807) is 0 Å². The zero-order valence-corrected chi connectivity index (χ0v) is 33.7. The summed E-state index contributed by atoms with van der Waals surface area (Å²) in [6.45, 7) is 2.89. The Balaban J connectivity index is 1.21. The van der Waals surface area contributed by atoms with Gasteiger partial charge in [-0.15, -0.1) is 0 Å². The molecule has 0 aromatic heterocycles. The van der Waals surface area contributed by atoms with Gasteiger partial charge in [-0.2, -0.15) is 43.9 Å². The first-order chi connectivity index (χ1) is 27.8. The fourth-order valence-corrected chi connectivity index (χ4v) is 8.25. The first-order valence-electron chi connectivity index (χ1n) is 16.5. The number of rotatable bonds is 10. The van der Waals surface area contributed by atoms with Crippen LogP contribution in [-0.2, 0) is 40.5 Å². The standard InChI is InChI=1S/C35H28N6O15S4/c1-17-11-23(57(45,46)47)5-9-27(17)38-40-31-29(59(51,52)53)15-19-13-21(3-7-25(19)33(31)42)36-35(44)37-22-4-8-26-20(14-22)16-30(60(54,55)56)32(34(26)43)41-39-28-10-6-24(12-18(28)2)58(48,49)50/h3-16,38-39H,1-2H3,(H2,36,37,44)(H,45,46,47)(H,48,49,50)(H,51,52,53)(H,54,55,56)/b40-31-,41-32+. The van der Waals surface area contributed by atoms with Crippen molar-refractivity contribution in [3.63, 3.8) is 0 Å². The molecule has 0 aliphatic heterocycles. The van der Waals surface area contributed by atoms with Gasteiger partial charge in [0.1, 0.15) is 9.81 Å². The molecule has 0 atom stereocenters. The highest BCUT2D eigenvalue weighted by Gasteiger charge is 2.35. The molecular weight excluding hydrogens is 873 g/mol. The Morgan fingerprint density at radius 2 is 0.883 bits per heavy atom. The Kier molecular flexibility index (Phi) is 11.2. The van der Waals surface area contributed by atoms with E-state index >= 15 is 0 Å². The van der Waals surface area contributed by atoms with Gasteiger partial charge in [0.05, 0.1) is 21.2 Å². The van der Waals surface area contributed by atoms with Crippen LogP contribution in [0.2, 0.25) is 0 Å². The van der Waals surface area contributed by atoms with Crippen LogP contribution in [0.3, 0.4) is 0 Å². The van der Waals surface area contributed by atoms with Crippen LogP contribution >= 0.6 is 0 Å². The third-order valence-electron chi connectivity index (χ3n) is 8.70. The van der Waals surface area contributed by atoms with Crippen LogP contribution in [-0.4, -0.2) is 80.9 Å². The molecule has 2 amide bonds. The summed E-state index contributed by atoms with van der Waals surface area (Å²) in [4.78, 5) is 37.2. The normalized spacial score (nSPS) is 15.8. The molecule has 4 aromatic carbocycles. The molecule has 25 heteroatoms. The van der Waals surface area contributed by atoms with Crippen molar-refractivity contribution >= 4 is 104 Å². The monoisotopic (exact) mass is 900 g/mol. The SMILES string of the molecule is Cc1cc(S(=O)(=O)O)ccc1N/N=C1/C(=O)c2ccc(NC(=O)Nc3ccc4c(c3)C=C(S(=O)(=O)O)/C(=N/Nc3ccc(S(=O)(=O)O)cc3C)C4=O)cc2C=C1S(=O)(=O)O. The van der Waals surface area contributed by atoms with E-state index in [1.165, 1.54) is 62.4 Å². The van der Waals surface area contributed by atoms with Gasteiger partial charge >= 0.3 is 6.03 Å². The maximum atomic E-state index is 13.4. The summed E-state index contributed by atoms with van der Waals surface area (Å²) in [5.74, 6) is -1.91. The summed E-state index contributed by atoms with van der Waals surface area (Å²) in [7, 11) is -19.2. The number of benzene rings is 4. The molecule has 0 spiro atoms. The number of aryl methyl sites for hydroxylation is 2. The summed E-state index contributed by atoms with van der Waals surface area (Å²) >= 11 is 0. The average molecular weight is 901 g/mol. The molecule has 0 saturated carbocycles. The molecule has 2 aliphatic carbocycles. The number of Topliss-reactive ketones (excluding diaryl/α,β-unsaturated/α-hetero) is 2. The van der Waals surface area contributed by atoms with Crippen molar-refractivity contribution in [2.24, 2.45) is 10.2 Å². The van der Waals surface area contributed by atoms with Crippen LogP contribution < -0.4 is 21.5 Å². The Morgan fingerprint density at radius 1 is 0.517 bits per heavy atom. The summed E-state index contributed by atoms with van der Waals surface area (Å²) < 4.78 is 134. The fraction of sp³-hybridized carbons (Fsp3) is 0.0571. The number of nitrogens with one attached hydrogen (secondary N) is 4. The molecule has 0 saturated heterocycles. The molecule has 60 heavy (non-hydrogen) atoms. The van der Waals surface area contributed by atoms with Gasteiger partial charge in [-0.25, -0.2) is 4.79 Å². The number of anilines is 4. The Hall–Kier alpha value is -6.45. The van der Waals surface area contributed by atoms with Gasteiger partial charge in [-0.05, 0) is 121 Å². The first-order valence-corrected chi connectivity index (χ1v) is 22.3. The van der Waals surface area contributed by atoms with Crippen LogP contribution in [0.25, 0.3) is 12.2 Å². The van der Waals surface area contributed by atoms with E-state index in [1.807, 2.05) is 0 Å². The van der Waals surface area contributed by atoms with Crippen LogP contribution in [0.4, 0.5) is 27.5 Å². The minimum atomic E-state index is -5.08. The number of carbonyl (C=O) groups is 3. The predicted octanol–water partition coefficient (Wildman–Crippen LogP) is 4.23. The number of carbonyl (C=O) groups excluding carboxylic acids is 3. The largest absolute Gasteiger partial charge is 0.323 e. The lowest BCUT2D eigenvalue weighted by Gasteiger charge is -2.18. The van der Waals surface area contributed by atoms with E-state index in [0.29, 0.717) is 0 Å². The maximum Gasteiger partial charge on any atom is 0.323 e. The zero-order valence-electron chi connectivity index (χ0n) is 30.4. The smallest absolute Gasteiger partial charge is 0.308 e. The summed E-state index contributed by atoms with van der Waals surface area (Å²) in [5, 5.41) is 12.6. The van der Waals surface area contributed by atoms with Crippen molar-refractivity contribution < 1.29 is 66.3 Å². The third-order valence-corrected chi connectivity index (χ3v) is 12.1. The molecule has 21 nitrogen and oxygen atoms in total. The van der Waals surface area contributed by atoms with Crippen molar-refractivity contribution in [2.45, 2.75) is 23.6 Å². The number of ketones is 2. The maximum absolute atomic E-state index is 13.4.